The summed E-state index contributed by atoms with van der Waals surface area (Å²) < 4.78 is 0. The Labute approximate surface area is 91.4 Å². The first-order valence-corrected chi connectivity index (χ1v) is 5.67. The standard InChI is InChI=1S/C11H21N3O/c1-11(2,3)14-6-8-4-13(10(12)15)5-9(8)7-14/h8-9H,4-7H2,1-3H3,(H2,12,15). The van der Waals surface area contributed by atoms with Crippen molar-refractivity contribution in [1.82, 2.24) is 9.80 Å². The lowest BCUT2D eigenvalue weighted by Gasteiger charge is -2.33. The first-order chi connectivity index (χ1) is 6.88. The topological polar surface area (TPSA) is 49.6 Å². The zero-order chi connectivity index (χ0) is 11.2. The summed E-state index contributed by atoms with van der Waals surface area (Å²) in [6, 6.07) is -0.258. The number of primary amides is 1. The zero-order valence-electron chi connectivity index (χ0n) is 9.86. The van der Waals surface area contributed by atoms with Gasteiger partial charge in [-0.3, -0.25) is 4.90 Å². The van der Waals surface area contributed by atoms with Crippen molar-refractivity contribution in [3.63, 3.8) is 0 Å². The molecule has 0 bridgehead atoms. The predicted octanol–water partition coefficient (Wildman–Crippen LogP) is 0.727. The van der Waals surface area contributed by atoms with Crippen LogP contribution >= 0.6 is 0 Å². The molecule has 2 heterocycles. The molecular formula is C11H21N3O. The maximum atomic E-state index is 11.0. The van der Waals surface area contributed by atoms with E-state index in [0.717, 1.165) is 26.2 Å². The fourth-order valence-corrected chi connectivity index (χ4v) is 2.72. The van der Waals surface area contributed by atoms with Crippen LogP contribution in [0.1, 0.15) is 20.8 Å². The molecule has 2 unspecified atom stereocenters. The van der Waals surface area contributed by atoms with E-state index in [1.54, 1.807) is 4.90 Å². The number of nitrogens with zero attached hydrogens (tertiary/aromatic N) is 2. The van der Waals surface area contributed by atoms with E-state index in [1.807, 2.05) is 0 Å². The number of carbonyl (C=O) groups excluding carboxylic acids is 1. The largest absolute Gasteiger partial charge is 0.351 e. The van der Waals surface area contributed by atoms with Crippen molar-refractivity contribution in [3.8, 4) is 0 Å². The van der Waals surface area contributed by atoms with Gasteiger partial charge >= 0.3 is 6.03 Å². The highest BCUT2D eigenvalue weighted by atomic mass is 16.2. The van der Waals surface area contributed by atoms with E-state index in [1.165, 1.54) is 0 Å². The number of nitrogens with two attached hydrogens (primary N) is 1. The normalized spacial score (nSPS) is 32.1. The van der Waals surface area contributed by atoms with Gasteiger partial charge in [-0.1, -0.05) is 0 Å². The quantitative estimate of drug-likeness (QED) is 0.642. The lowest BCUT2D eigenvalue weighted by Crippen LogP contribution is -2.43. The van der Waals surface area contributed by atoms with Crippen LogP contribution in [0.2, 0.25) is 0 Å². The lowest BCUT2D eigenvalue weighted by atomic mass is 10.0. The van der Waals surface area contributed by atoms with Crippen LogP contribution in [-0.4, -0.2) is 47.5 Å². The monoisotopic (exact) mass is 211 g/mol. The molecule has 0 radical (unpaired) electrons. The molecule has 0 saturated carbocycles. The summed E-state index contributed by atoms with van der Waals surface area (Å²) in [5.41, 5.74) is 5.55. The van der Waals surface area contributed by atoms with Crippen molar-refractivity contribution < 1.29 is 4.79 Å². The molecule has 2 rings (SSSR count). The van der Waals surface area contributed by atoms with E-state index >= 15 is 0 Å². The Hall–Kier alpha value is -0.770. The third kappa shape index (κ3) is 1.95. The lowest BCUT2D eigenvalue weighted by molar-refractivity contribution is 0.151. The van der Waals surface area contributed by atoms with Gasteiger partial charge in [0.05, 0.1) is 0 Å². The number of rotatable bonds is 0. The number of hydrogen-bond acceptors (Lipinski definition) is 2. The van der Waals surface area contributed by atoms with Gasteiger partial charge in [-0.25, -0.2) is 4.79 Å². The molecule has 2 amide bonds. The molecule has 2 atom stereocenters. The maximum Gasteiger partial charge on any atom is 0.314 e. The fourth-order valence-electron chi connectivity index (χ4n) is 2.72. The minimum absolute atomic E-state index is 0.252. The van der Waals surface area contributed by atoms with Crippen LogP contribution in [0, 0.1) is 11.8 Å². The minimum atomic E-state index is -0.258. The van der Waals surface area contributed by atoms with E-state index in [0.29, 0.717) is 11.8 Å². The molecule has 86 valence electrons. The van der Waals surface area contributed by atoms with Crippen LogP contribution in [0.25, 0.3) is 0 Å². The number of hydrogen-bond donors (Lipinski definition) is 1. The molecule has 0 spiro atoms. The number of urea groups is 1. The van der Waals surface area contributed by atoms with Crippen LogP contribution in [-0.2, 0) is 0 Å². The average Bonchev–Trinajstić information content (AvgIpc) is 2.55. The van der Waals surface area contributed by atoms with Gasteiger partial charge < -0.3 is 10.6 Å². The van der Waals surface area contributed by atoms with Crippen molar-refractivity contribution in [3.05, 3.63) is 0 Å². The molecule has 4 nitrogen and oxygen atoms in total. The smallest absolute Gasteiger partial charge is 0.314 e. The van der Waals surface area contributed by atoms with E-state index in [9.17, 15) is 4.79 Å². The number of likely N-dealkylation sites (tertiary alicyclic amines) is 2. The zero-order valence-corrected chi connectivity index (χ0v) is 9.86. The van der Waals surface area contributed by atoms with Crippen LogP contribution in [0.4, 0.5) is 4.79 Å². The second kappa shape index (κ2) is 3.37. The van der Waals surface area contributed by atoms with Gasteiger partial charge in [0, 0.05) is 31.7 Å². The van der Waals surface area contributed by atoms with E-state index in [4.69, 9.17) is 5.73 Å². The predicted molar refractivity (Wildman–Crippen MR) is 59.5 cm³/mol. The van der Waals surface area contributed by atoms with Gasteiger partial charge in [-0.2, -0.15) is 0 Å². The van der Waals surface area contributed by atoms with Crippen molar-refractivity contribution >= 4 is 6.03 Å². The Kier molecular flexibility index (Phi) is 2.41. The molecule has 2 N–H and O–H groups in total. The Morgan fingerprint density at radius 3 is 1.93 bits per heavy atom. The van der Waals surface area contributed by atoms with Crippen LogP contribution < -0.4 is 5.73 Å². The summed E-state index contributed by atoms with van der Waals surface area (Å²) in [5.74, 6) is 1.27. The van der Waals surface area contributed by atoms with Crippen molar-refractivity contribution in [2.75, 3.05) is 26.2 Å². The van der Waals surface area contributed by atoms with Crippen molar-refractivity contribution in [2.45, 2.75) is 26.3 Å². The van der Waals surface area contributed by atoms with Crippen LogP contribution in [0.5, 0.6) is 0 Å². The summed E-state index contributed by atoms with van der Waals surface area (Å²) in [6.07, 6.45) is 0. The summed E-state index contributed by atoms with van der Waals surface area (Å²) in [5, 5.41) is 0. The third-order valence-electron chi connectivity index (χ3n) is 3.75. The molecule has 0 aromatic carbocycles. The van der Waals surface area contributed by atoms with E-state index in [2.05, 4.69) is 25.7 Å². The van der Waals surface area contributed by atoms with Gasteiger partial charge in [0.15, 0.2) is 0 Å². The fraction of sp³-hybridized carbons (Fsp3) is 0.909. The SMILES string of the molecule is CC(C)(C)N1CC2CN(C(N)=O)CC2C1. The highest BCUT2D eigenvalue weighted by molar-refractivity contribution is 5.72. The summed E-state index contributed by atoms with van der Waals surface area (Å²) in [7, 11) is 0. The summed E-state index contributed by atoms with van der Waals surface area (Å²) >= 11 is 0. The average molecular weight is 211 g/mol. The molecule has 2 saturated heterocycles. The molecule has 15 heavy (non-hydrogen) atoms. The van der Waals surface area contributed by atoms with E-state index in [-0.39, 0.29) is 11.6 Å². The minimum Gasteiger partial charge on any atom is -0.351 e. The van der Waals surface area contributed by atoms with Gasteiger partial charge in [0.1, 0.15) is 0 Å². The first-order valence-electron chi connectivity index (χ1n) is 5.67. The third-order valence-corrected chi connectivity index (χ3v) is 3.75. The molecule has 4 heteroatoms. The molecule has 2 fully saturated rings. The molecule has 0 aromatic rings. The van der Waals surface area contributed by atoms with Crippen LogP contribution in [0.15, 0.2) is 0 Å². The van der Waals surface area contributed by atoms with Gasteiger partial charge in [0.2, 0.25) is 0 Å². The second-order valence-electron chi connectivity index (χ2n) is 5.84. The van der Waals surface area contributed by atoms with Crippen LogP contribution in [0.3, 0.4) is 0 Å². The van der Waals surface area contributed by atoms with Gasteiger partial charge in [-0.15, -0.1) is 0 Å². The van der Waals surface area contributed by atoms with Gasteiger partial charge in [-0.05, 0) is 32.6 Å². The number of carbonyl (C=O) groups is 1. The highest BCUT2D eigenvalue weighted by Crippen LogP contribution is 2.34. The number of amides is 2. The van der Waals surface area contributed by atoms with Crippen molar-refractivity contribution in [1.29, 1.82) is 0 Å². The summed E-state index contributed by atoms with van der Waals surface area (Å²) in [6.45, 7) is 10.7. The Morgan fingerprint density at radius 1 is 1.13 bits per heavy atom. The second-order valence-corrected chi connectivity index (χ2v) is 5.84. The van der Waals surface area contributed by atoms with Gasteiger partial charge in [0.25, 0.3) is 0 Å². The Bertz CT molecular complexity index is 257. The molecular weight excluding hydrogens is 190 g/mol. The summed E-state index contributed by atoms with van der Waals surface area (Å²) in [4.78, 5) is 15.3. The first kappa shape index (κ1) is 10.7. The molecule has 2 aliphatic rings. The molecule has 0 aliphatic carbocycles. The van der Waals surface area contributed by atoms with E-state index < -0.39 is 0 Å². The Morgan fingerprint density at radius 2 is 1.60 bits per heavy atom. The maximum absolute atomic E-state index is 11.0. The highest BCUT2D eigenvalue weighted by Gasteiger charge is 2.43. The Balaban J connectivity index is 1.96. The molecule has 2 aliphatic heterocycles. The van der Waals surface area contributed by atoms with Crippen molar-refractivity contribution in [2.24, 2.45) is 17.6 Å². The number of fused-ring (bicyclic) bond motifs is 1. The molecule has 0 aromatic heterocycles.